The lowest BCUT2D eigenvalue weighted by atomic mass is 9.79. The first-order valence-electron chi connectivity index (χ1n) is 11.2. The van der Waals surface area contributed by atoms with E-state index in [-0.39, 0.29) is 24.2 Å². The number of rotatable bonds is 6. The molecule has 1 amide bonds. The zero-order valence-corrected chi connectivity index (χ0v) is 19.6. The molecular formula is C23H37BN2O4. The van der Waals surface area contributed by atoms with Gasteiger partial charge in [-0.25, -0.2) is 0 Å². The number of benzene rings is 1. The fraction of sp³-hybridized carbons (Fsp3) is 0.696. The minimum absolute atomic E-state index is 0.242. The summed E-state index contributed by atoms with van der Waals surface area (Å²) in [7, 11) is -0.354. The van der Waals surface area contributed by atoms with E-state index in [1.54, 1.807) is 0 Å². The van der Waals surface area contributed by atoms with Crippen LogP contribution in [0.1, 0.15) is 54.9 Å². The molecule has 2 aliphatic heterocycles. The molecule has 6 nitrogen and oxygen atoms in total. The number of amides is 1. The van der Waals surface area contributed by atoms with Gasteiger partial charge in [-0.1, -0.05) is 19.1 Å². The number of ether oxygens (including phenoxy) is 1. The average molecular weight is 416 g/mol. The first-order valence-corrected chi connectivity index (χ1v) is 11.2. The number of carbonyl (C=O) groups is 1. The Labute approximate surface area is 182 Å². The second-order valence-corrected chi connectivity index (χ2v) is 9.59. The Kier molecular flexibility index (Phi) is 6.85. The minimum atomic E-state index is -0.354. The van der Waals surface area contributed by atoms with E-state index in [1.807, 2.05) is 36.1 Å². The second-order valence-electron chi connectivity index (χ2n) is 9.59. The normalized spacial score (nSPS) is 26.1. The largest absolute Gasteiger partial charge is 0.494 e. The zero-order valence-electron chi connectivity index (χ0n) is 19.6. The van der Waals surface area contributed by atoms with Crippen molar-refractivity contribution in [3.05, 3.63) is 24.3 Å². The van der Waals surface area contributed by atoms with Crippen molar-refractivity contribution < 1.29 is 18.8 Å². The van der Waals surface area contributed by atoms with E-state index in [0.29, 0.717) is 25.1 Å². The van der Waals surface area contributed by atoms with Crippen LogP contribution in [-0.2, 0) is 14.1 Å². The standard InChI is InChI=1S/C23H37BN2O4/c1-8-21(27)25-15-17(2)26(18(3)16-25)13-14-28-20-11-9-19(10-12-20)24-29-22(4,5)23(6,7)30-24/h9-12,17-18H,8,13-16H2,1-7H3/t17-,18+. The Bertz CT molecular complexity index is 709. The maximum absolute atomic E-state index is 12.0. The number of hydrogen-bond acceptors (Lipinski definition) is 5. The fourth-order valence-electron chi connectivity index (χ4n) is 4.19. The highest BCUT2D eigenvalue weighted by Crippen LogP contribution is 2.36. The molecule has 0 aliphatic carbocycles. The van der Waals surface area contributed by atoms with E-state index in [2.05, 4.69) is 46.4 Å². The Hall–Kier alpha value is -1.57. The van der Waals surface area contributed by atoms with E-state index in [9.17, 15) is 4.79 Å². The lowest BCUT2D eigenvalue weighted by Gasteiger charge is -2.44. The van der Waals surface area contributed by atoms with Crippen molar-refractivity contribution in [3.63, 3.8) is 0 Å². The molecule has 2 fully saturated rings. The third kappa shape index (κ3) is 4.84. The van der Waals surface area contributed by atoms with Crippen LogP contribution in [0.5, 0.6) is 5.75 Å². The fourth-order valence-corrected chi connectivity index (χ4v) is 4.19. The third-order valence-corrected chi connectivity index (χ3v) is 6.78. The molecule has 0 radical (unpaired) electrons. The molecule has 7 heteroatoms. The van der Waals surface area contributed by atoms with Crippen molar-refractivity contribution >= 4 is 18.5 Å². The topological polar surface area (TPSA) is 51.2 Å². The lowest BCUT2D eigenvalue weighted by molar-refractivity contribution is -0.135. The summed E-state index contributed by atoms with van der Waals surface area (Å²) in [6.45, 7) is 17.6. The molecule has 0 saturated carbocycles. The molecule has 2 heterocycles. The van der Waals surface area contributed by atoms with Crippen molar-refractivity contribution in [1.82, 2.24) is 9.80 Å². The van der Waals surface area contributed by atoms with Crippen molar-refractivity contribution in [3.8, 4) is 5.75 Å². The van der Waals surface area contributed by atoms with Crippen LogP contribution >= 0.6 is 0 Å². The molecule has 0 bridgehead atoms. The van der Waals surface area contributed by atoms with Gasteiger partial charge >= 0.3 is 7.12 Å². The molecule has 2 aliphatic rings. The van der Waals surface area contributed by atoms with Gasteiger partial charge in [-0.3, -0.25) is 9.69 Å². The van der Waals surface area contributed by atoms with Crippen molar-refractivity contribution in [2.24, 2.45) is 0 Å². The molecule has 2 saturated heterocycles. The molecule has 0 aromatic heterocycles. The third-order valence-electron chi connectivity index (χ3n) is 6.78. The van der Waals surface area contributed by atoms with Crippen LogP contribution in [0, 0.1) is 0 Å². The molecule has 3 rings (SSSR count). The van der Waals surface area contributed by atoms with E-state index in [4.69, 9.17) is 14.0 Å². The molecule has 1 aromatic rings. The Morgan fingerprint density at radius 2 is 1.60 bits per heavy atom. The van der Waals surface area contributed by atoms with Crippen LogP contribution < -0.4 is 10.2 Å². The van der Waals surface area contributed by atoms with Crippen LogP contribution in [0.15, 0.2) is 24.3 Å². The molecule has 2 atom stereocenters. The average Bonchev–Trinajstić information content (AvgIpc) is 2.91. The van der Waals surface area contributed by atoms with Gasteiger partial charge in [0.05, 0.1) is 11.2 Å². The van der Waals surface area contributed by atoms with Gasteiger partial charge in [-0.05, 0) is 59.1 Å². The van der Waals surface area contributed by atoms with Crippen LogP contribution in [0.25, 0.3) is 0 Å². The Balaban J connectivity index is 1.50. The molecule has 0 spiro atoms. The van der Waals surface area contributed by atoms with Gasteiger partial charge in [-0.2, -0.15) is 0 Å². The van der Waals surface area contributed by atoms with Gasteiger partial charge in [0, 0.05) is 38.1 Å². The maximum atomic E-state index is 12.0. The number of hydrogen-bond donors (Lipinski definition) is 0. The SMILES string of the molecule is CCC(=O)N1C[C@@H](C)N(CCOc2ccc(B3OC(C)(C)C(C)(C)O3)cc2)[C@@H](C)C1. The van der Waals surface area contributed by atoms with Crippen LogP contribution in [0.3, 0.4) is 0 Å². The summed E-state index contributed by atoms with van der Waals surface area (Å²) >= 11 is 0. The van der Waals surface area contributed by atoms with Crippen molar-refractivity contribution in [1.29, 1.82) is 0 Å². The van der Waals surface area contributed by atoms with E-state index >= 15 is 0 Å². The monoisotopic (exact) mass is 416 g/mol. The second kappa shape index (κ2) is 8.89. The first kappa shape index (κ1) is 23.1. The van der Waals surface area contributed by atoms with Gasteiger partial charge < -0.3 is 18.9 Å². The van der Waals surface area contributed by atoms with Gasteiger partial charge in [0.1, 0.15) is 12.4 Å². The Morgan fingerprint density at radius 3 is 2.10 bits per heavy atom. The van der Waals surface area contributed by atoms with Gasteiger partial charge in [0.2, 0.25) is 5.91 Å². The van der Waals surface area contributed by atoms with Gasteiger partial charge in [-0.15, -0.1) is 0 Å². The van der Waals surface area contributed by atoms with E-state index in [0.717, 1.165) is 30.8 Å². The van der Waals surface area contributed by atoms with E-state index in [1.165, 1.54) is 0 Å². The summed E-state index contributed by atoms with van der Waals surface area (Å²) < 4.78 is 18.2. The molecule has 1 aromatic carbocycles. The van der Waals surface area contributed by atoms with Crippen molar-refractivity contribution in [2.75, 3.05) is 26.2 Å². The highest BCUT2D eigenvalue weighted by molar-refractivity contribution is 6.62. The predicted molar refractivity (Wildman–Crippen MR) is 120 cm³/mol. The minimum Gasteiger partial charge on any atom is -0.492 e. The zero-order chi connectivity index (χ0) is 22.1. The van der Waals surface area contributed by atoms with Gasteiger partial charge in [0.25, 0.3) is 0 Å². The molecule has 30 heavy (non-hydrogen) atoms. The summed E-state index contributed by atoms with van der Waals surface area (Å²) in [5, 5.41) is 0. The van der Waals surface area contributed by atoms with Crippen molar-refractivity contribution in [2.45, 2.75) is 78.2 Å². The van der Waals surface area contributed by atoms with E-state index < -0.39 is 0 Å². The molecule has 0 N–H and O–H groups in total. The molecule has 0 unspecified atom stereocenters. The maximum Gasteiger partial charge on any atom is 0.494 e. The first-order chi connectivity index (χ1) is 14.0. The number of nitrogens with zero attached hydrogens (tertiary/aromatic N) is 2. The summed E-state index contributed by atoms with van der Waals surface area (Å²) in [6.07, 6.45) is 0.574. The summed E-state index contributed by atoms with van der Waals surface area (Å²) in [5.41, 5.74) is 0.317. The summed E-state index contributed by atoms with van der Waals surface area (Å²) in [5.74, 6) is 1.09. The molecule has 166 valence electrons. The quantitative estimate of drug-likeness (QED) is 0.668. The van der Waals surface area contributed by atoms with Gasteiger partial charge in [0.15, 0.2) is 0 Å². The number of piperazine rings is 1. The smallest absolute Gasteiger partial charge is 0.492 e. The lowest BCUT2D eigenvalue weighted by Crippen LogP contribution is -2.58. The summed E-state index contributed by atoms with van der Waals surface area (Å²) in [6, 6.07) is 8.64. The van der Waals surface area contributed by atoms with Crippen LogP contribution in [0.4, 0.5) is 0 Å². The summed E-state index contributed by atoms with van der Waals surface area (Å²) in [4.78, 5) is 16.4. The van der Waals surface area contributed by atoms with Crippen LogP contribution in [0.2, 0.25) is 0 Å². The molecular weight excluding hydrogens is 379 g/mol. The highest BCUT2D eigenvalue weighted by atomic mass is 16.7. The van der Waals surface area contributed by atoms with Crippen LogP contribution in [-0.4, -0.2) is 72.4 Å². The number of carbonyl (C=O) groups excluding carboxylic acids is 1. The predicted octanol–water partition coefficient (Wildman–Crippen LogP) is 2.70. The Morgan fingerprint density at radius 1 is 1.07 bits per heavy atom. The highest BCUT2D eigenvalue weighted by Gasteiger charge is 2.51.